The van der Waals surface area contributed by atoms with Crippen LogP contribution in [-0.2, 0) is 24.2 Å². The number of hydrogen-bond acceptors (Lipinski definition) is 6. The van der Waals surface area contributed by atoms with Crippen molar-refractivity contribution in [2.24, 2.45) is 0 Å². The second-order valence-corrected chi connectivity index (χ2v) is 8.82. The van der Waals surface area contributed by atoms with Crippen molar-refractivity contribution >= 4 is 38.8 Å². The van der Waals surface area contributed by atoms with Crippen molar-refractivity contribution < 1.29 is 4.79 Å². The van der Waals surface area contributed by atoms with Crippen LogP contribution < -0.4 is 15.8 Å². The molecule has 1 N–H and O–H groups in total. The average molecular weight is 410 g/mol. The fourth-order valence-corrected chi connectivity index (χ4v) is 5.47. The normalized spacial score (nSPS) is 16.2. The monoisotopic (exact) mass is 409 g/mol. The van der Waals surface area contributed by atoms with Gasteiger partial charge in [0.05, 0.1) is 5.39 Å². The van der Waals surface area contributed by atoms with Gasteiger partial charge in [0.15, 0.2) is 4.83 Å². The van der Waals surface area contributed by atoms with Gasteiger partial charge in [-0.2, -0.15) is 0 Å². The Hall–Kier alpha value is -2.74. The van der Waals surface area contributed by atoms with Crippen LogP contribution >= 0.6 is 11.3 Å². The van der Waals surface area contributed by atoms with Gasteiger partial charge in [0.25, 0.3) is 5.56 Å². The number of carbonyl (C=O) groups excluding carboxylic acids is 1. The molecule has 1 aromatic carbocycles. The minimum Gasteiger partial charge on any atom is -0.372 e. The smallest absolute Gasteiger partial charge is 0.279 e. The van der Waals surface area contributed by atoms with Gasteiger partial charge in [-0.3, -0.25) is 9.59 Å². The molecule has 150 valence electrons. The SMILES string of the molecule is O=C(Cn1nnc2sc3c(c2c1=O)CCCC3)Nc1ccc(N2CCCC2)cc1. The summed E-state index contributed by atoms with van der Waals surface area (Å²) in [6, 6.07) is 7.85. The maximum Gasteiger partial charge on any atom is 0.279 e. The zero-order valence-corrected chi connectivity index (χ0v) is 17.0. The number of carbonyl (C=O) groups is 1. The summed E-state index contributed by atoms with van der Waals surface area (Å²) in [5, 5.41) is 11.7. The molecule has 3 aromatic rings. The fraction of sp³-hybridized carbons (Fsp3) is 0.429. The largest absolute Gasteiger partial charge is 0.372 e. The molecule has 8 heteroatoms. The van der Waals surface area contributed by atoms with Crippen LogP contribution in [0.5, 0.6) is 0 Å². The molecule has 0 spiro atoms. The molecule has 1 fully saturated rings. The predicted octanol–water partition coefficient (Wildman–Crippen LogP) is 2.97. The van der Waals surface area contributed by atoms with Crippen molar-refractivity contribution in [2.75, 3.05) is 23.3 Å². The van der Waals surface area contributed by atoms with Gasteiger partial charge in [-0.05, 0) is 68.4 Å². The molecule has 29 heavy (non-hydrogen) atoms. The molecule has 1 aliphatic carbocycles. The standard InChI is InChI=1S/C21H23N5O2S/c27-18(22-14-7-9-15(10-8-14)25-11-3-4-12-25)13-26-21(28)19-16-5-1-2-6-17(16)29-20(19)23-24-26/h7-10H,1-6,11-13H2,(H,22,27). The van der Waals surface area contributed by atoms with Crippen molar-refractivity contribution in [2.45, 2.75) is 45.1 Å². The molecule has 0 saturated carbocycles. The molecular weight excluding hydrogens is 386 g/mol. The average Bonchev–Trinajstić information content (AvgIpc) is 3.39. The number of aromatic nitrogens is 3. The molecule has 0 radical (unpaired) electrons. The van der Waals surface area contributed by atoms with Gasteiger partial charge in [0.1, 0.15) is 6.54 Å². The Morgan fingerprint density at radius 1 is 1.07 bits per heavy atom. The highest BCUT2D eigenvalue weighted by molar-refractivity contribution is 7.18. The van der Waals surface area contributed by atoms with E-state index in [2.05, 4.69) is 20.5 Å². The maximum atomic E-state index is 12.9. The lowest BCUT2D eigenvalue weighted by atomic mass is 9.97. The molecule has 3 heterocycles. The second-order valence-electron chi connectivity index (χ2n) is 7.73. The first kappa shape index (κ1) is 18.3. The second kappa shape index (κ2) is 7.59. The van der Waals surface area contributed by atoms with E-state index >= 15 is 0 Å². The number of nitrogens with zero attached hydrogens (tertiary/aromatic N) is 4. The number of nitrogens with one attached hydrogen (secondary N) is 1. The third kappa shape index (κ3) is 3.53. The molecule has 1 saturated heterocycles. The van der Waals surface area contributed by atoms with Crippen molar-refractivity contribution in [3.8, 4) is 0 Å². The van der Waals surface area contributed by atoms with Crippen molar-refractivity contribution in [1.82, 2.24) is 15.0 Å². The van der Waals surface area contributed by atoms with Gasteiger partial charge in [0.2, 0.25) is 5.91 Å². The van der Waals surface area contributed by atoms with E-state index in [1.54, 1.807) is 11.3 Å². The van der Waals surface area contributed by atoms with E-state index < -0.39 is 0 Å². The topological polar surface area (TPSA) is 80.1 Å². The first-order chi connectivity index (χ1) is 14.2. The van der Waals surface area contributed by atoms with Crippen LogP contribution in [0.2, 0.25) is 0 Å². The quantitative estimate of drug-likeness (QED) is 0.717. The van der Waals surface area contributed by atoms with Crippen molar-refractivity contribution in [3.05, 3.63) is 45.1 Å². The first-order valence-corrected chi connectivity index (χ1v) is 11.0. The van der Waals surface area contributed by atoms with E-state index in [4.69, 9.17) is 0 Å². The maximum absolute atomic E-state index is 12.9. The Bertz CT molecular complexity index is 1110. The Balaban J connectivity index is 1.32. The number of rotatable bonds is 4. The summed E-state index contributed by atoms with van der Waals surface area (Å²) in [6.07, 6.45) is 6.61. The van der Waals surface area contributed by atoms with Crippen LogP contribution in [0.3, 0.4) is 0 Å². The van der Waals surface area contributed by atoms with E-state index in [0.717, 1.165) is 44.3 Å². The van der Waals surface area contributed by atoms with Crippen molar-refractivity contribution in [3.63, 3.8) is 0 Å². The number of amides is 1. The summed E-state index contributed by atoms with van der Waals surface area (Å²) in [5.41, 5.74) is 2.79. The summed E-state index contributed by atoms with van der Waals surface area (Å²) < 4.78 is 1.18. The Morgan fingerprint density at radius 3 is 2.62 bits per heavy atom. The van der Waals surface area contributed by atoms with Crippen LogP contribution in [0.15, 0.2) is 29.1 Å². The predicted molar refractivity (Wildman–Crippen MR) is 115 cm³/mol. The number of anilines is 2. The third-order valence-corrected chi connectivity index (χ3v) is 6.94. The van der Waals surface area contributed by atoms with E-state index in [-0.39, 0.29) is 18.0 Å². The number of benzene rings is 1. The molecule has 2 aromatic heterocycles. The van der Waals surface area contributed by atoms with Crippen LogP contribution in [-0.4, -0.2) is 34.0 Å². The number of hydrogen-bond donors (Lipinski definition) is 1. The number of thiophene rings is 1. The van der Waals surface area contributed by atoms with E-state index in [1.807, 2.05) is 24.3 Å². The molecule has 5 rings (SSSR count). The van der Waals surface area contributed by atoms with Crippen LogP contribution in [0.4, 0.5) is 11.4 Å². The third-order valence-electron chi connectivity index (χ3n) is 5.76. The first-order valence-electron chi connectivity index (χ1n) is 10.2. The molecule has 7 nitrogen and oxygen atoms in total. The molecular formula is C21H23N5O2S. The van der Waals surface area contributed by atoms with Crippen molar-refractivity contribution in [1.29, 1.82) is 0 Å². The van der Waals surface area contributed by atoms with E-state index in [9.17, 15) is 9.59 Å². The summed E-state index contributed by atoms with van der Waals surface area (Å²) >= 11 is 1.56. The minimum absolute atomic E-state index is 0.139. The van der Waals surface area contributed by atoms with Gasteiger partial charge in [-0.1, -0.05) is 5.21 Å². The van der Waals surface area contributed by atoms with Gasteiger partial charge in [-0.15, -0.1) is 16.4 Å². The Kier molecular flexibility index (Phi) is 4.79. The highest BCUT2D eigenvalue weighted by atomic mass is 32.1. The van der Waals surface area contributed by atoms with Gasteiger partial charge >= 0.3 is 0 Å². The van der Waals surface area contributed by atoms with E-state index in [0.29, 0.717) is 15.9 Å². The lowest BCUT2D eigenvalue weighted by Gasteiger charge is -2.17. The number of aryl methyl sites for hydroxylation is 2. The molecule has 0 atom stereocenters. The highest BCUT2D eigenvalue weighted by Crippen LogP contribution is 2.33. The van der Waals surface area contributed by atoms with Crippen LogP contribution in [0.25, 0.3) is 10.2 Å². The lowest BCUT2D eigenvalue weighted by molar-refractivity contribution is -0.117. The van der Waals surface area contributed by atoms with Gasteiger partial charge in [0, 0.05) is 29.3 Å². The molecule has 1 aliphatic heterocycles. The summed E-state index contributed by atoms with van der Waals surface area (Å²) in [4.78, 5) is 29.7. The Labute approximate surface area is 172 Å². The molecule has 1 amide bonds. The molecule has 0 unspecified atom stereocenters. The number of fused-ring (bicyclic) bond motifs is 3. The van der Waals surface area contributed by atoms with E-state index in [1.165, 1.54) is 28.1 Å². The Morgan fingerprint density at radius 2 is 1.83 bits per heavy atom. The summed E-state index contributed by atoms with van der Waals surface area (Å²) in [6.45, 7) is 2.03. The van der Waals surface area contributed by atoms with Crippen LogP contribution in [0, 0.1) is 0 Å². The minimum atomic E-state index is -0.279. The van der Waals surface area contributed by atoms with Crippen LogP contribution in [0.1, 0.15) is 36.1 Å². The lowest BCUT2D eigenvalue weighted by Crippen LogP contribution is -2.30. The molecule has 0 bridgehead atoms. The fourth-order valence-electron chi connectivity index (χ4n) is 4.28. The summed E-state index contributed by atoms with van der Waals surface area (Å²) in [7, 11) is 0. The van der Waals surface area contributed by atoms with Gasteiger partial charge < -0.3 is 10.2 Å². The molecule has 2 aliphatic rings. The summed E-state index contributed by atoms with van der Waals surface area (Å²) in [5.74, 6) is -0.279. The zero-order chi connectivity index (χ0) is 19.8. The zero-order valence-electron chi connectivity index (χ0n) is 16.2. The highest BCUT2D eigenvalue weighted by Gasteiger charge is 2.21. The van der Waals surface area contributed by atoms with Gasteiger partial charge in [-0.25, -0.2) is 4.68 Å².